The number of carbonyl (C=O) groups excluding carboxylic acids is 1. The quantitative estimate of drug-likeness (QED) is 0.302. The molecule has 0 saturated carbocycles. The average Bonchev–Trinajstić information content (AvgIpc) is 3.17. The number of esters is 1. The fraction of sp³-hybridized carbons (Fsp3) is 0.111. The van der Waals surface area contributed by atoms with Gasteiger partial charge in [0.2, 0.25) is 5.95 Å². The molecule has 0 atom stereocenters. The van der Waals surface area contributed by atoms with Crippen LogP contribution in [0.5, 0.6) is 5.75 Å². The van der Waals surface area contributed by atoms with Crippen LogP contribution >= 0.6 is 11.3 Å². The number of ether oxygens (including phenoxy) is 1. The van der Waals surface area contributed by atoms with Crippen LogP contribution in [0.3, 0.4) is 0 Å². The van der Waals surface area contributed by atoms with Crippen molar-refractivity contribution in [1.29, 1.82) is 0 Å². The van der Waals surface area contributed by atoms with Crippen molar-refractivity contribution in [2.45, 2.75) is 13.3 Å². The Kier molecular flexibility index (Phi) is 5.55. The van der Waals surface area contributed by atoms with Crippen LogP contribution in [0, 0.1) is 0 Å². The number of hydrogen-bond acceptors (Lipinski definition) is 7. The van der Waals surface area contributed by atoms with Crippen molar-refractivity contribution in [3.05, 3.63) is 74.3 Å². The van der Waals surface area contributed by atoms with E-state index in [0.717, 1.165) is 5.56 Å². The molecule has 3 aromatic rings. The summed E-state index contributed by atoms with van der Waals surface area (Å²) >= 11 is 1.33. The van der Waals surface area contributed by atoms with Gasteiger partial charge in [-0.05, 0) is 47.7 Å². The zero-order valence-corrected chi connectivity index (χ0v) is 14.7. The Balaban J connectivity index is 1.60. The first kappa shape index (κ1) is 17.6. The lowest BCUT2D eigenvalue weighted by Gasteiger charge is -2.03. The Morgan fingerprint density at radius 1 is 1.35 bits per heavy atom. The Morgan fingerprint density at radius 2 is 2.15 bits per heavy atom. The van der Waals surface area contributed by atoms with E-state index in [-0.39, 0.29) is 17.5 Å². The summed E-state index contributed by atoms with van der Waals surface area (Å²) in [5, 5.41) is 5.87. The number of aromatic amines is 1. The van der Waals surface area contributed by atoms with E-state index in [4.69, 9.17) is 4.74 Å². The van der Waals surface area contributed by atoms with Gasteiger partial charge in [0.25, 0.3) is 5.56 Å². The SMILES string of the molecule is CCc1cc(=O)[nH]c(N/N=C\c2ccc(OC(=O)c3cccs3)cc2)n1. The second-order valence-corrected chi connectivity index (χ2v) is 6.19. The standard InChI is InChI=1S/C18H16N4O3S/c1-2-13-10-16(23)21-18(20-13)22-19-11-12-5-7-14(8-6-12)25-17(24)15-4-3-9-26-15/h3-11H,2H2,1H3,(H2,20,21,22,23)/b19-11-. The second-order valence-electron chi connectivity index (χ2n) is 5.24. The molecule has 132 valence electrons. The molecular formula is C18H16N4O3S. The molecule has 26 heavy (non-hydrogen) atoms. The van der Waals surface area contributed by atoms with E-state index in [1.54, 1.807) is 42.6 Å². The molecule has 0 fully saturated rings. The van der Waals surface area contributed by atoms with Crippen LogP contribution < -0.4 is 15.7 Å². The van der Waals surface area contributed by atoms with Gasteiger partial charge in [-0.1, -0.05) is 13.0 Å². The number of nitrogens with one attached hydrogen (secondary N) is 2. The topological polar surface area (TPSA) is 96.4 Å². The maximum absolute atomic E-state index is 11.9. The summed E-state index contributed by atoms with van der Waals surface area (Å²) in [4.78, 5) is 30.7. The number of benzene rings is 1. The molecule has 0 saturated heterocycles. The van der Waals surface area contributed by atoms with Gasteiger partial charge in [0.1, 0.15) is 10.6 Å². The molecule has 0 amide bonds. The summed E-state index contributed by atoms with van der Waals surface area (Å²) in [5.74, 6) is 0.358. The van der Waals surface area contributed by atoms with Gasteiger partial charge in [-0.25, -0.2) is 15.2 Å². The maximum Gasteiger partial charge on any atom is 0.353 e. The number of anilines is 1. The van der Waals surface area contributed by atoms with E-state index in [0.29, 0.717) is 22.7 Å². The zero-order chi connectivity index (χ0) is 18.4. The van der Waals surface area contributed by atoms with Crippen LogP contribution in [-0.2, 0) is 6.42 Å². The minimum atomic E-state index is -0.381. The minimum absolute atomic E-state index is 0.230. The first-order valence-electron chi connectivity index (χ1n) is 7.89. The van der Waals surface area contributed by atoms with Crippen LogP contribution in [0.2, 0.25) is 0 Å². The molecule has 0 unspecified atom stereocenters. The Bertz CT molecular complexity index is 963. The zero-order valence-electron chi connectivity index (χ0n) is 13.9. The summed E-state index contributed by atoms with van der Waals surface area (Å²) in [6, 6.07) is 11.9. The van der Waals surface area contributed by atoms with Crippen LogP contribution in [0.1, 0.15) is 27.9 Å². The number of aromatic nitrogens is 2. The molecule has 0 aliphatic heterocycles. The third-order valence-electron chi connectivity index (χ3n) is 3.35. The number of hydrogen-bond donors (Lipinski definition) is 2. The average molecular weight is 368 g/mol. The summed E-state index contributed by atoms with van der Waals surface area (Å²) < 4.78 is 5.29. The molecule has 7 nitrogen and oxygen atoms in total. The molecule has 0 radical (unpaired) electrons. The summed E-state index contributed by atoms with van der Waals surface area (Å²) in [6.07, 6.45) is 2.23. The van der Waals surface area contributed by atoms with Crippen molar-refractivity contribution in [1.82, 2.24) is 9.97 Å². The van der Waals surface area contributed by atoms with E-state index in [2.05, 4.69) is 20.5 Å². The number of carbonyl (C=O) groups is 1. The normalized spacial score (nSPS) is 10.8. The van der Waals surface area contributed by atoms with E-state index >= 15 is 0 Å². The molecule has 8 heteroatoms. The van der Waals surface area contributed by atoms with Crippen molar-refractivity contribution < 1.29 is 9.53 Å². The van der Waals surface area contributed by atoms with Gasteiger partial charge in [-0.2, -0.15) is 5.10 Å². The van der Waals surface area contributed by atoms with Crippen molar-refractivity contribution >= 4 is 29.5 Å². The predicted molar refractivity (Wildman–Crippen MR) is 101 cm³/mol. The number of thiophene rings is 1. The molecule has 3 rings (SSSR count). The van der Waals surface area contributed by atoms with Crippen molar-refractivity contribution in [3.8, 4) is 5.75 Å². The van der Waals surface area contributed by atoms with Gasteiger partial charge in [0.15, 0.2) is 0 Å². The molecule has 2 aromatic heterocycles. The number of rotatable bonds is 6. The summed E-state index contributed by atoms with van der Waals surface area (Å²) in [7, 11) is 0. The number of nitrogens with zero attached hydrogens (tertiary/aromatic N) is 2. The number of hydrazone groups is 1. The third kappa shape index (κ3) is 4.64. The van der Waals surface area contributed by atoms with Gasteiger partial charge < -0.3 is 4.74 Å². The van der Waals surface area contributed by atoms with Gasteiger partial charge in [0.05, 0.1) is 6.21 Å². The fourth-order valence-electron chi connectivity index (χ4n) is 2.08. The largest absolute Gasteiger partial charge is 0.422 e. The molecule has 1 aromatic carbocycles. The summed E-state index contributed by atoms with van der Waals surface area (Å²) in [6.45, 7) is 1.92. The molecule has 2 heterocycles. The van der Waals surface area contributed by atoms with Crippen molar-refractivity contribution in [3.63, 3.8) is 0 Å². The first-order valence-corrected chi connectivity index (χ1v) is 8.77. The van der Waals surface area contributed by atoms with E-state index < -0.39 is 0 Å². The predicted octanol–water partition coefficient (Wildman–Crippen LogP) is 3.06. The molecule has 0 aliphatic rings. The highest BCUT2D eigenvalue weighted by Crippen LogP contribution is 2.16. The lowest BCUT2D eigenvalue weighted by molar-refractivity contribution is 0.0740. The van der Waals surface area contributed by atoms with Crippen LogP contribution in [0.15, 0.2) is 57.7 Å². The maximum atomic E-state index is 11.9. The minimum Gasteiger partial charge on any atom is -0.422 e. The number of H-pyrrole nitrogens is 1. The van der Waals surface area contributed by atoms with Gasteiger partial charge in [-0.15, -0.1) is 11.3 Å². The third-order valence-corrected chi connectivity index (χ3v) is 4.20. The molecule has 0 bridgehead atoms. The van der Waals surface area contributed by atoms with Gasteiger partial charge >= 0.3 is 5.97 Å². The molecular weight excluding hydrogens is 352 g/mol. The second kappa shape index (κ2) is 8.21. The highest BCUT2D eigenvalue weighted by molar-refractivity contribution is 7.12. The molecule has 2 N–H and O–H groups in total. The summed E-state index contributed by atoms with van der Waals surface area (Å²) in [5.41, 5.74) is 3.94. The van der Waals surface area contributed by atoms with E-state index in [1.807, 2.05) is 12.3 Å². The molecule has 0 spiro atoms. The van der Waals surface area contributed by atoms with E-state index in [9.17, 15) is 9.59 Å². The Hall–Kier alpha value is -3.26. The van der Waals surface area contributed by atoms with Crippen LogP contribution in [-0.4, -0.2) is 22.2 Å². The van der Waals surface area contributed by atoms with Gasteiger partial charge in [-0.3, -0.25) is 9.78 Å². The fourth-order valence-corrected chi connectivity index (χ4v) is 2.68. The van der Waals surface area contributed by atoms with E-state index in [1.165, 1.54) is 17.4 Å². The highest BCUT2D eigenvalue weighted by Gasteiger charge is 2.08. The van der Waals surface area contributed by atoms with Gasteiger partial charge in [0, 0.05) is 11.8 Å². The first-order chi connectivity index (χ1) is 12.6. The lowest BCUT2D eigenvalue weighted by Crippen LogP contribution is -2.11. The Labute approximate surface area is 153 Å². The van der Waals surface area contributed by atoms with Crippen molar-refractivity contribution in [2.24, 2.45) is 5.10 Å². The molecule has 0 aliphatic carbocycles. The van der Waals surface area contributed by atoms with Crippen LogP contribution in [0.4, 0.5) is 5.95 Å². The smallest absolute Gasteiger partial charge is 0.353 e. The highest BCUT2D eigenvalue weighted by atomic mass is 32.1. The van der Waals surface area contributed by atoms with Crippen LogP contribution in [0.25, 0.3) is 0 Å². The number of aryl methyl sites for hydroxylation is 1. The Morgan fingerprint density at radius 3 is 2.85 bits per heavy atom. The van der Waals surface area contributed by atoms with Crippen molar-refractivity contribution in [2.75, 3.05) is 5.43 Å². The monoisotopic (exact) mass is 368 g/mol. The lowest BCUT2D eigenvalue weighted by atomic mass is 10.2.